The third-order valence-corrected chi connectivity index (χ3v) is 4.08. The Bertz CT molecular complexity index is 715. The van der Waals surface area contributed by atoms with Crippen molar-refractivity contribution in [2.75, 3.05) is 23.3 Å². The van der Waals surface area contributed by atoms with Crippen LogP contribution < -0.4 is 10.2 Å². The summed E-state index contributed by atoms with van der Waals surface area (Å²) < 4.78 is 0. The van der Waals surface area contributed by atoms with Crippen molar-refractivity contribution in [2.24, 2.45) is 0 Å². The molecule has 2 aromatic rings. The molecule has 0 radical (unpaired) electrons. The van der Waals surface area contributed by atoms with Gasteiger partial charge in [-0.15, -0.1) is 0 Å². The van der Waals surface area contributed by atoms with Gasteiger partial charge in [0.2, 0.25) is 5.91 Å². The van der Waals surface area contributed by atoms with E-state index in [1.807, 2.05) is 49.4 Å². The van der Waals surface area contributed by atoms with E-state index in [1.54, 1.807) is 6.08 Å². The van der Waals surface area contributed by atoms with Crippen LogP contribution in [0.4, 0.5) is 11.4 Å². The SMILES string of the molecule is Cc1cccc(/C=C/C(=O)Nc2ccccc2N2CCCC2)c1. The van der Waals surface area contributed by atoms with E-state index in [0.717, 1.165) is 30.0 Å². The minimum Gasteiger partial charge on any atom is -0.370 e. The molecule has 1 heterocycles. The number of nitrogens with zero attached hydrogens (tertiary/aromatic N) is 1. The number of carbonyl (C=O) groups is 1. The van der Waals surface area contributed by atoms with Gasteiger partial charge in [-0.05, 0) is 43.5 Å². The Morgan fingerprint density at radius 2 is 1.87 bits per heavy atom. The molecule has 0 aromatic heterocycles. The van der Waals surface area contributed by atoms with Gasteiger partial charge in [0.05, 0.1) is 11.4 Å². The van der Waals surface area contributed by atoms with Gasteiger partial charge in [0.15, 0.2) is 0 Å². The predicted octanol–water partition coefficient (Wildman–Crippen LogP) is 4.25. The van der Waals surface area contributed by atoms with E-state index in [1.165, 1.54) is 18.4 Å². The molecule has 3 nitrogen and oxygen atoms in total. The lowest BCUT2D eigenvalue weighted by Gasteiger charge is -2.21. The maximum Gasteiger partial charge on any atom is 0.248 e. The first-order valence-corrected chi connectivity index (χ1v) is 8.12. The quantitative estimate of drug-likeness (QED) is 0.857. The minimum absolute atomic E-state index is 0.0989. The normalized spacial score (nSPS) is 14.4. The molecule has 0 aliphatic carbocycles. The van der Waals surface area contributed by atoms with Crippen molar-refractivity contribution in [3.05, 3.63) is 65.7 Å². The maximum absolute atomic E-state index is 12.2. The van der Waals surface area contributed by atoms with Crippen molar-refractivity contribution in [1.29, 1.82) is 0 Å². The van der Waals surface area contributed by atoms with E-state index < -0.39 is 0 Å². The van der Waals surface area contributed by atoms with Crippen LogP contribution in [0.25, 0.3) is 6.08 Å². The largest absolute Gasteiger partial charge is 0.370 e. The average molecular weight is 306 g/mol. The third kappa shape index (κ3) is 4.01. The van der Waals surface area contributed by atoms with Gasteiger partial charge in [0.1, 0.15) is 0 Å². The topological polar surface area (TPSA) is 32.3 Å². The number of nitrogens with one attached hydrogen (secondary N) is 1. The van der Waals surface area contributed by atoms with Crippen LogP contribution in [-0.4, -0.2) is 19.0 Å². The summed E-state index contributed by atoms with van der Waals surface area (Å²) >= 11 is 0. The van der Waals surface area contributed by atoms with Gasteiger partial charge < -0.3 is 10.2 Å². The van der Waals surface area contributed by atoms with Crippen molar-refractivity contribution in [1.82, 2.24) is 0 Å². The second-order valence-corrected chi connectivity index (χ2v) is 5.95. The van der Waals surface area contributed by atoms with Crippen molar-refractivity contribution in [3.8, 4) is 0 Å². The fourth-order valence-electron chi connectivity index (χ4n) is 2.93. The second-order valence-electron chi connectivity index (χ2n) is 5.95. The van der Waals surface area contributed by atoms with Crippen LogP contribution in [0.2, 0.25) is 0 Å². The number of rotatable bonds is 4. The highest BCUT2D eigenvalue weighted by Crippen LogP contribution is 2.28. The first-order chi connectivity index (χ1) is 11.2. The van der Waals surface area contributed by atoms with Crippen LogP contribution in [0.1, 0.15) is 24.0 Å². The highest BCUT2D eigenvalue weighted by Gasteiger charge is 2.15. The molecule has 0 unspecified atom stereocenters. The zero-order chi connectivity index (χ0) is 16.1. The summed E-state index contributed by atoms with van der Waals surface area (Å²) in [6.45, 7) is 4.17. The number of aryl methyl sites for hydroxylation is 1. The number of hydrogen-bond donors (Lipinski definition) is 1. The van der Waals surface area contributed by atoms with Crippen molar-refractivity contribution >= 4 is 23.4 Å². The maximum atomic E-state index is 12.2. The first-order valence-electron chi connectivity index (χ1n) is 8.12. The Kier molecular flexibility index (Phi) is 4.77. The molecule has 0 bridgehead atoms. The zero-order valence-electron chi connectivity index (χ0n) is 13.5. The van der Waals surface area contributed by atoms with Crippen molar-refractivity contribution in [2.45, 2.75) is 19.8 Å². The summed E-state index contributed by atoms with van der Waals surface area (Å²) in [6, 6.07) is 16.1. The second kappa shape index (κ2) is 7.14. The number of benzene rings is 2. The smallest absolute Gasteiger partial charge is 0.248 e. The van der Waals surface area contributed by atoms with E-state index in [-0.39, 0.29) is 5.91 Å². The van der Waals surface area contributed by atoms with Gasteiger partial charge in [-0.3, -0.25) is 4.79 Å². The molecule has 3 rings (SSSR count). The molecule has 1 fully saturated rings. The fourth-order valence-corrected chi connectivity index (χ4v) is 2.93. The summed E-state index contributed by atoms with van der Waals surface area (Å²) in [4.78, 5) is 14.6. The van der Waals surface area contributed by atoms with Crippen molar-refractivity contribution in [3.63, 3.8) is 0 Å². The molecule has 2 aromatic carbocycles. The van der Waals surface area contributed by atoms with E-state index in [2.05, 4.69) is 22.3 Å². The molecule has 0 spiro atoms. The summed E-state index contributed by atoms with van der Waals surface area (Å²) in [5.74, 6) is -0.0989. The molecule has 3 heteroatoms. The molecule has 1 saturated heterocycles. The molecule has 0 saturated carbocycles. The highest BCUT2D eigenvalue weighted by molar-refractivity contribution is 6.03. The van der Waals surface area contributed by atoms with Crippen LogP contribution in [-0.2, 0) is 4.79 Å². The summed E-state index contributed by atoms with van der Waals surface area (Å²) in [7, 11) is 0. The lowest BCUT2D eigenvalue weighted by atomic mass is 10.1. The van der Waals surface area contributed by atoms with Gasteiger partial charge >= 0.3 is 0 Å². The van der Waals surface area contributed by atoms with Crippen LogP contribution in [0.15, 0.2) is 54.6 Å². The lowest BCUT2D eigenvalue weighted by Crippen LogP contribution is -2.20. The monoisotopic (exact) mass is 306 g/mol. The van der Waals surface area contributed by atoms with Gasteiger partial charge in [-0.2, -0.15) is 0 Å². The molecular formula is C20H22N2O. The Hall–Kier alpha value is -2.55. The molecule has 1 N–H and O–H groups in total. The average Bonchev–Trinajstić information content (AvgIpc) is 3.08. The number of carbonyl (C=O) groups excluding carboxylic acids is 1. The van der Waals surface area contributed by atoms with Crippen LogP contribution >= 0.6 is 0 Å². The lowest BCUT2D eigenvalue weighted by molar-refractivity contribution is -0.111. The highest BCUT2D eigenvalue weighted by atomic mass is 16.1. The van der Waals surface area contributed by atoms with Crippen LogP contribution in [0.3, 0.4) is 0 Å². The van der Waals surface area contributed by atoms with Gasteiger partial charge in [0.25, 0.3) is 0 Å². The number of amides is 1. The first kappa shape index (κ1) is 15.3. The molecule has 0 atom stereocenters. The number of hydrogen-bond acceptors (Lipinski definition) is 2. The molecule has 23 heavy (non-hydrogen) atoms. The molecule has 118 valence electrons. The zero-order valence-corrected chi connectivity index (χ0v) is 13.5. The van der Waals surface area contributed by atoms with E-state index in [0.29, 0.717) is 0 Å². The Balaban J connectivity index is 1.70. The van der Waals surface area contributed by atoms with Crippen LogP contribution in [0.5, 0.6) is 0 Å². The van der Waals surface area contributed by atoms with Gasteiger partial charge in [0, 0.05) is 19.2 Å². The Morgan fingerprint density at radius 1 is 1.09 bits per heavy atom. The Labute approximate surface area is 137 Å². The van der Waals surface area contributed by atoms with E-state index in [9.17, 15) is 4.79 Å². The third-order valence-electron chi connectivity index (χ3n) is 4.08. The summed E-state index contributed by atoms with van der Waals surface area (Å²) in [5.41, 5.74) is 4.22. The van der Waals surface area contributed by atoms with Crippen LogP contribution in [0, 0.1) is 6.92 Å². The van der Waals surface area contributed by atoms with Crippen molar-refractivity contribution < 1.29 is 4.79 Å². The summed E-state index contributed by atoms with van der Waals surface area (Å²) in [6.07, 6.45) is 5.88. The minimum atomic E-state index is -0.0989. The predicted molar refractivity (Wildman–Crippen MR) is 96.7 cm³/mol. The molecule has 1 aliphatic rings. The summed E-state index contributed by atoms with van der Waals surface area (Å²) in [5, 5.41) is 3.00. The Morgan fingerprint density at radius 3 is 2.65 bits per heavy atom. The van der Waals surface area contributed by atoms with Gasteiger partial charge in [-0.1, -0.05) is 42.0 Å². The molecule has 1 amide bonds. The molecular weight excluding hydrogens is 284 g/mol. The fraction of sp³-hybridized carbons (Fsp3) is 0.250. The van der Waals surface area contributed by atoms with E-state index in [4.69, 9.17) is 0 Å². The standard InChI is InChI=1S/C20H22N2O/c1-16-7-6-8-17(15-16)11-12-20(23)21-18-9-2-3-10-19(18)22-13-4-5-14-22/h2-3,6-12,15H,4-5,13-14H2,1H3,(H,21,23)/b12-11+. The van der Waals surface area contributed by atoms with E-state index >= 15 is 0 Å². The number of anilines is 2. The molecule has 1 aliphatic heterocycles. The number of para-hydroxylation sites is 2. The van der Waals surface area contributed by atoms with Gasteiger partial charge in [-0.25, -0.2) is 0 Å².